The molecule has 224 valence electrons. The Balaban J connectivity index is 1.29. The second-order valence-electron chi connectivity index (χ2n) is 10.4. The van der Waals surface area contributed by atoms with E-state index in [2.05, 4.69) is 26.5 Å². The van der Waals surface area contributed by atoms with Crippen molar-refractivity contribution in [3.63, 3.8) is 0 Å². The summed E-state index contributed by atoms with van der Waals surface area (Å²) in [6, 6.07) is 9.45. The van der Waals surface area contributed by atoms with E-state index in [-0.39, 0.29) is 23.9 Å². The lowest BCUT2D eigenvalue weighted by molar-refractivity contribution is -0.142. The Morgan fingerprint density at radius 1 is 1.28 bits per heavy atom. The number of carbonyl (C=O) groups is 2. The van der Waals surface area contributed by atoms with E-state index in [0.717, 1.165) is 0 Å². The highest BCUT2D eigenvalue weighted by molar-refractivity contribution is 6.10. The highest BCUT2D eigenvalue weighted by atomic mass is 19.4. The molecule has 0 aliphatic carbocycles. The van der Waals surface area contributed by atoms with E-state index in [0.29, 0.717) is 60.8 Å². The Labute approximate surface area is 244 Å². The normalized spacial score (nSPS) is 18.4. The molecule has 43 heavy (non-hydrogen) atoms. The zero-order valence-corrected chi connectivity index (χ0v) is 22.8. The molecule has 1 atom stereocenters. The van der Waals surface area contributed by atoms with Crippen molar-refractivity contribution in [2.45, 2.75) is 24.6 Å². The molecule has 5 rings (SSSR count). The fraction of sp³-hybridized carbons (Fsp3) is 0.357. The number of rotatable bonds is 8. The standard InChI is InChI=1S/C28H28F3N9O3/c29-28(30,31)15-35-26(42)38-22-3-1-2-18(8-22)23-13-34-24-9-20(12-37-40(23)24)21(10-33)11-36-27(5-6-32)16-39(17-27)25(41)19-4-7-43-14-19/h1-3,8-13,19H,4-5,7,14-17,33H2,(H2,35,38,42)/b21-10+,36-11?. The molecule has 0 saturated carbocycles. The number of carbonyl (C=O) groups excluding carboxylic acids is 2. The van der Waals surface area contributed by atoms with E-state index in [9.17, 15) is 28.0 Å². The largest absolute Gasteiger partial charge is 0.405 e. The minimum Gasteiger partial charge on any atom is -0.404 e. The van der Waals surface area contributed by atoms with Crippen molar-refractivity contribution < 1.29 is 27.5 Å². The van der Waals surface area contributed by atoms with Gasteiger partial charge in [0.1, 0.15) is 12.1 Å². The number of nitrogens with two attached hydrogens (primary N) is 1. The van der Waals surface area contributed by atoms with Gasteiger partial charge in [-0.05, 0) is 24.6 Å². The average molecular weight is 596 g/mol. The molecule has 0 spiro atoms. The molecule has 0 radical (unpaired) electrons. The number of fused-ring (bicyclic) bond motifs is 1. The third-order valence-corrected chi connectivity index (χ3v) is 7.19. The van der Waals surface area contributed by atoms with Crippen LogP contribution in [0, 0.1) is 17.2 Å². The molecule has 12 nitrogen and oxygen atoms in total. The van der Waals surface area contributed by atoms with Gasteiger partial charge in [-0.25, -0.2) is 14.3 Å². The van der Waals surface area contributed by atoms with Crippen LogP contribution in [0.4, 0.5) is 23.7 Å². The van der Waals surface area contributed by atoms with Gasteiger partial charge in [0.2, 0.25) is 5.91 Å². The van der Waals surface area contributed by atoms with Crippen molar-refractivity contribution in [2.75, 3.05) is 38.2 Å². The Bertz CT molecular complexity index is 1610. The highest BCUT2D eigenvalue weighted by Crippen LogP contribution is 2.32. The number of benzene rings is 1. The van der Waals surface area contributed by atoms with Gasteiger partial charge in [0, 0.05) is 54.5 Å². The number of halogens is 3. The van der Waals surface area contributed by atoms with Gasteiger partial charge in [-0.15, -0.1) is 0 Å². The third kappa shape index (κ3) is 6.75. The molecule has 15 heteroatoms. The van der Waals surface area contributed by atoms with Gasteiger partial charge >= 0.3 is 12.2 Å². The van der Waals surface area contributed by atoms with E-state index in [1.807, 2.05) is 0 Å². The minimum atomic E-state index is -4.52. The van der Waals surface area contributed by atoms with Crippen molar-refractivity contribution in [2.24, 2.45) is 16.6 Å². The number of ether oxygens (including phenoxy) is 1. The summed E-state index contributed by atoms with van der Waals surface area (Å²) in [5.41, 5.74) is 8.31. The monoisotopic (exact) mass is 595 g/mol. The second-order valence-corrected chi connectivity index (χ2v) is 10.4. The van der Waals surface area contributed by atoms with Crippen LogP contribution in [0.25, 0.3) is 22.5 Å². The van der Waals surface area contributed by atoms with E-state index < -0.39 is 24.3 Å². The van der Waals surface area contributed by atoms with Crippen LogP contribution in [0.15, 0.2) is 53.9 Å². The third-order valence-electron chi connectivity index (χ3n) is 7.19. The predicted octanol–water partition coefficient (Wildman–Crippen LogP) is 2.98. The number of amides is 3. The van der Waals surface area contributed by atoms with E-state index >= 15 is 0 Å². The van der Waals surface area contributed by atoms with Crippen LogP contribution < -0.4 is 16.4 Å². The molecule has 1 aromatic carbocycles. The van der Waals surface area contributed by atoms with Gasteiger partial charge in [-0.1, -0.05) is 12.1 Å². The number of imidazole rings is 1. The lowest BCUT2D eigenvalue weighted by Crippen LogP contribution is -2.63. The maximum atomic E-state index is 12.7. The number of alkyl halides is 3. The van der Waals surface area contributed by atoms with Gasteiger partial charge in [0.15, 0.2) is 5.65 Å². The molecule has 3 aromatic rings. The van der Waals surface area contributed by atoms with E-state index in [1.54, 1.807) is 63.7 Å². The van der Waals surface area contributed by atoms with Crippen molar-refractivity contribution in [3.8, 4) is 17.3 Å². The number of anilines is 1. The fourth-order valence-corrected chi connectivity index (χ4v) is 4.96. The highest BCUT2D eigenvalue weighted by Gasteiger charge is 2.46. The smallest absolute Gasteiger partial charge is 0.404 e. The van der Waals surface area contributed by atoms with Crippen molar-refractivity contribution in [1.29, 1.82) is 5.26 Å². The number of allylic oxidation sites excluding steroid dienone is 1. The lowest BCUT2D eigenvalue weighted by atomic mass is 9.86. The van der Waals surface area contributed by atoms with Crippen LogP contribution >= 0.6 is 0 Å². The fourth-order valence-electron chi connectivity index (χ4n) is 4.96. The summed E-state index contributed by atoms with van der Waals surface area (Å²) in [5.74, 6) is -0.131. The number of hydrogen-bond acceptors (Lipinski definition) is 8. The first-order valence-electron chi connectivity index (χ1n) is 13.4. The number of nitrogens with zero attached hydrogens (tertiary/aromatic N) is 6. The van der Waals surface area contributed by atoms with Crippen molar-refractivity contribution in [1.82, 2.24) is 24.8 Å². The Hall–Kier alpha value is -4.97. The summed E-state index contributed by atoms with van der Waals surface area (Å²) in [6.07, 6.45) is 2.42. The van der Waals surface area contributed by atoms with E-state index in [1.165, 1.54) is 6.20 Å². The maximum Gasteiger partial charge on any atom is 0.405 e. The molecular formula is C28H28F3N9O3. The number of nitrogens with one attached hydrogen (secondary N) is 2. The van der Waals surface area contributed by atoms with Crippen LogP contribution in [0.1, 0.15) is 18.4 Å². The Kier molecular flexibility index (Phi) is 8.31. The number of aliphatic imine (C=N–C) groups is 1. The van der Waals surface area contributed by atoms with Crippen LogP contribution in [0.2, 0.25) is 0 Å². The number of nitriles is 1. The zero-order chi connectivity index (χ0) is 30.6. The molecule has 4 heterocycles. The molecule has 2 saturated heterocycles. The molecule has 0 bridgehead atoms. The summed E-state index contributed by atoms with van der Waals surface area (Å²) in [4.78, 5) is 35.3. The van der Waals surface area contributed by atoms with Crippen molar-refractivity contribution >= 4 is 35.1 Å². The SMILES string of the molecule is N#CCC1(N=C/C(=C\N)c2cnn3c(-c4cccc(NC(=O)NCC(F)(F)F)c4)cnc3c2)CN(C(=O)C2CCOC2)C1. The zero-order valence-electron chi connectivity index (χ0n) is 22.8. The second kappa shape index (κ2) is 12.1. The Morgan fingerprint density at radius 3 is 2.79 bits per heavy atom. The van der Waals surface area contributed by atoms with Crippen LogP contribution in [0.5, 0.6) is 0 Å². The maximum absolute atomic E-state index is 12.7. The van der Waals surface area contributed by atoms with Gasteiger partial charge in [-0.3, -0.25) is 9.79 Å². The van der Waals surface area contributed by atoms with Crippen LogP contribution in [-0.4, -0.2) is 82.2 Å². The topological polar surface area (TPSA) is 163 Å². The summed E-state index contributed by atoms with van der Waals surface area (Å²) in [6.45, 7) is 0.213. The first-order valence-corrected chi connectivity index (χ1v) is 13.4. The molecule has 2 fully saturated rings. The van der Waals surface area contributed by atoms with E-state index in [4.69, 9.17) is 10.5 Å². The lowest BCUT2D eigenvalue weighted by Gasteiger charge is -2.47. The molecule has 2 aliphatic rings. The van der Waals surface area contributed by atoms with Gasteiger partial charge < -0.3 is 26.0 Å². The van der Waals surface area contributed by atoms with Crippen LogP contribution in [0.3, 0.4) is 0 Å². The number of aromatic nitrogens is 3. The first-order chi connectivity index (χ1) is 20.6. The quantitative estimate of drug-likeness (QED) is 0.337. The summed E-state index contributed by atoms with van der Waals surface area (Å²) in [7, 11) is 0. The minimum absolute atomic E-state index is 0.0201. The number of hydrogen-bond donors (Lipinski definition) is 3. The number of urea groups is 1. The first kappa shape index (κ1) is 29.5. The molecular weight excluding hydrogens is 567 g/mol. The summed E-state index contributed by atoms with van der Waals surface area (Å²) < 4.78 is 44.0. The van der Waals surface area contributed by atoms with Gasteiger partial charge in [0.25, 0.3) is 0 Å². The summed E-state index contributed by atoms with van der Waals surface area (Å²) >= 11 is 0. The molecule has 4 N–H and O–H groups in total. The molecule has 1 unspecified atom stereocenters. The molecule has 2 aromatic heterocycles. The van der Waals surface area contributed by atoms with Crippen LogP contribution in [-0.2, 0) is 9.53 Å². The Morgan fingerprint density at radius 2 is 2.09 bits per heavy atom. The molecule has 2 aliphatic heterocycles. The predicted molar refractivity (Wildman–Crippen MR) is 151 cm³/mol. The number of likely N-dealkylation sites (tertiary alicyclic amines) is 1. The average Bonchev–Trinajstić information content (AvgIpc) is 3.65. The van der Waals surface area contributed by atoms with Gasteiger partial charge in [-0.2, -0.15) is 23.5 Å². The summed E-state index contributed by atoms with van der Waals surface area (Å²) in [5, 5.41) is 18.0. The van der Waals surface area contributed by atoms with Gasteiger partial charge in [0.05, 0.1) is 43.1 Å². The molecule has 3 amide bonds. The van der Waals surface area contributed by atoms with Crippen molar-refractivity contribution in [3.05, 3.63) is 54.5 Å².